The van der Waals surface area contributed by atoms with E-state index in [1.165, 1.54) is 18.2 Å². The molecule has 0 amide bonds. The van der Waals surface area contributed by atoms with Crippen molar-refractivity contribution in [1.82, 2.24) is 10.6 Å². The molecule has 5 heteroatoms. The molecule has 0 saturated carbocycles. The van der Waals surface area contributed by atoms with Crippen LogP contribution in [0.3, 0.4) is 0 Å². The molecule has 0 aromatic heterocycles. The van der Waals surface area contributed by atoms with Crippen LogP contribution in [0.5, 0.6) is 0 Å². The third-order valence-electron chi connectivity index (χ3n) is 4.83. The first-order valence-electron chi connectivity index (χ1n) is 9.24. The van der Waals surface area contributed by atoms with Crippen LogP contribution >= 0.6 is 0 Å². The Morgan fingerprint density at radius 1 is 1.12 bits per heavy atom. The van der Waals surface area contributed by atoms with Gasteiger partial charge in [0.05, 0.1) is 0 Å². The van der Waals surface area contributed by atoms with Crippen molar-refractivity contribution >= 4 is 11.6 Å². The number of para-hydroxylation sites is 1. The number of nitrogens with one attached hydrogen (secondary N) is 2. The molecule has 0 spiro atoms. The number of rotatable bonds is 6. The quantitative estimate of drug-likeness (QED) is 0.619. The zero-order chi connectivity index (χ0) is 18.2. The van der Waals surface area contributed by atoms with Gasteiger partial charge in [-0.2, -0.15) is 0 Å². The highest BCUT2D eigenvalue weighted by atomic mass is 19.1. The highest BCUT2D eigenvalue weighted by Crippen LogP contribution is 2.22. The fraction of sp³-hybridized carbons (Fsp3) is 0.381. The van der Waals surface area contributed by atoms with E-state index in [0.717, 1.165) is 31.2 Å². The van der Waals surface area contributed by atoms with Crippen LogP contribution in [-0.4, -0.2) is 39.2 Å². The summed E-state index contributed by atoms with van der Waals surface area (Å²) in [7, 11) is 1.77. The highest BCUT2D eigenvalue weighted by molar-refractivity contribution is 5.79. The summed E-state index contributed by atoms with van der Waals surface area (Å²) < 4.78 is 13.6. The Morgan fingerprint density at radius 2 is 1.88 bits per heavy atom. The molecule has 0 radical (unpaired) electrons. The van der Waals surface area contributed by atoms with Crippen molar-refractivity contribution in [2.45, 2.75) is 12.8 Å². The molecule has 1 aliphatic rings. The normalized spacial score (nSPS) is 17.4. The number of guanidine groups is 1. The van der Waals surface area contributed by atoms with E-state index in [9.17, 15) is 4.39 Å². The van der Waals surface area contributed by atoms with Crippen molar-refractivity contribution in [2.75, 3.05) is 38.1 Å². The van der Waals surface area contributed by atoms with Crippen molar-refractivity contribution < 1.29 is 4.39 Å². The third-order valence-corrected chi connectivity index (χ3v) is 4.83. The van der Waals surface area contributed by atoms with E-state index in [1.54, 1.807) is 13.1 Å². The number of anilines is 1. The number of hydrogen-bond donors (Lipinski definition) is 2. The van der Waals surface area contributed by atoms with Gasteiger partial charge in [-0.05, 0) is 42.5 Å². The molecule has 0 bridgehead atoms. The standard InChI is InChI=1S/C21H27FN4/c1-23-21(24-13-11-18-7-5-6-10-20(18)22)25-15-17-12-14-26(16-17)19-8-3-2-4-9-19/h2-10,17H,11-16H2,1H3,(H2,23,24,25). The lowest BCUT2D eigenvalue weighted by Crippen LogP contribution is -2.41. The lowest BCUT2D eigenvalue weighted by atomic mass is 10.1. The van der Waals surface area contributed by atoms with Crippen LogP contribution < -0.4 is 15.5 Å². The Labute approximate surface area is 155 Å². The van der Waals surface area contributed by atoms with Crippen LogP contribution in [0, 0.1) is 11.7 Å². The monoisotopic (exact) mass is 354 g/mol. The summed E-state index contributed by atoms with van der Waals surface area (Å²) in [5.74, 6) is 1.23. The van der Waals surface area contributed by atoms with E-state index in [0.29, 0.717) is 18.9 Å². The van der Waals surface area contributed by atoms with Crippen molar-refractivity contribution in [3.05, 3.63) is 66.0 Å². The molecule has 1 fully saturated rings. The van der Waals surface area contributed by atoms with Gasteiger partial charge in [0.1, 0.15) is 5.82 Å². The lowest BCUT2D eigenvalue weighted by Gasteiger charge is -2.19. The smallest absolute Gasteiger partial charge is 0.190 e. The van der Waals surface area contributed by atoms with Gasteiger partial charge < -0.3 is 15.5 Å². The Bertz CT molecular complexity index is 717. The molecule has 138 valence electrons. The van der Waals surface area contributed by atoms with E-state index in [-0.39, 0.29) is 5.82 Å². The first-order valence-corrected chi connectivity index (χ1v) is 9.24. The van der Waals surface area contributed by atoms with Gasteiger partial charge in [-0.1, -0.05) is 36.4 Å². The van der Waals surface area contributed by atoms with Gasteiger partial charge in [0.15, 0.2) is 5.96 Å². The first-order chi connectivity index (χ1) is 12.8. The Balaban J connectivity index is 1.40. The predicted molar refractivity (Wildman–Crippen MR) is 106 cm³/mol. The number of aliphatic imine (C=N–C) groups is 1. The van der Waals surface area contributed by atoms with Gasteiger partial charge in [-0.15, -0.1) is 0 Å². The van der Waals surface area contributed by atoms with Gasteiger partial charge in [-0.3, -0.25) is 4.99 Å². The average molecular weight is 354 g/mol. The van der Waals surface area contributed by atoms with Crippen LogP contribution in [0.4, 0.5) is 10.1 Å². The van der Waals surface area contributed by atoms with Crippen LogP contribution in [0.25, 0.3) is 0 Å². The first kappa shape index (κ1) is 18.2. The summed E-state index contributed by atoms with van der Waals surface area (Å²) in [5, 5.41) is 6.67. The molecule has 1 heterocycles. The molecular weight excluding hydrogens is 327 g/mol. The molecule has 3 rings (SSSR count). The van der Waals surface area contributed by atoms with E-state index in [2.05, 4.69) is 50.9 Å². The van der Waals surface area contributed by atoms with Crippen molar-refractivity contribution in [3.63, 3.8) is 0 Å². The Hall–Kier alpha value is -2.56. The fourth-order valence-corrected chi connectivity index (χ4v) is 3.35. The topological polar surface area (TPSA) is 39.7 Å². The number of hydrogen-bond acceptors (Lipinski definition) is 2. The summed E-state index contributed by atoms with van der Waals surface area (Å²) in [4.78, 5) is 6.70. The lowest BCUT2D eigenvalue weighted by molar-refractivity contribution is 0.565. The van der Waals surface area contributed by atoms with Gasteiger partial charge in [-0.25, -0.2) is 4.39 Å². The zero-order valence-corrected chi connectivity index (χ0v) is 15.3. The second-order valence-corrected chi connectivity index (χ2v) is 6.66. The van der Waals surface area contributed by atoms with E-state index in [1.807, 2.05) is 12.1 Å². The molecule has 1 saturated heterocycles. The van der Waals surface area contributed by atoms with Crippen LogP contribution in [0.2, 0.25) is 0 Å². The molecular formula is C21H27FN4. The molecule has 2 aromatic carbocycles. The maximum absolute atomic E-state index is 13.6. The summed E-state index contributed by atoms with van der Waals surface area (Å²) in [6.45, 7) is 3.70. The Morgan fingerprint density at radius 3 is 2.65 bits per heavy atom. The minimum atomic E-state index is -0.149. The number of benzene rings is 2. The number of halogens is 1. The van der Waals surface area contributed by atoms with Gasteiger partial charge in [0.25, 0.3) is 0 Å². The summed E-state index contributed by atoms with van der Waals surface area (Å²) in [6, 6.07) is 17.5. The highest BCUT2D eigenvalue weighted by Gasteiger charge is 2.22. The summed E-state index contributed by atoms with van der Waals surface area (Å²) in [6.07, 6.45) is 1.81. The van der Waals surface area contributed by atoms with Crippen LogP contribution in [-0.2, 0) is 6.42 Å². The predicted octanol–water partition coefficient (Wildman–Crippen LogP) is 3.06. The van der Waals surface area contributed by atoms with E-state index < -0.39 is 0 Å². The van der Waals surface area contributed by atoms with Crippen molar-refractivity contribution in [1.29, 1.82) is 0 Å². The molecule has 26 heavy (non-hydrogen) atoms. The molecule has 1 atom stereocenters. The average Bonchev–Trinajstić information content (AvgIpc) is 3.16. The summed E-state index contributed by atoms with van der Waals surface area (Å²) >= 11 is 0. The molecule has 1 aliphatic heterocycles. The van der Waals surface area contributed by atoms with Crippen molar-refractivity contribution in [3.8, 4) is 0 Å². The zero-order valence-electron chi connectivity index (χ0n) is 15.3. The van der Waals surface area contributed by atoms with Crippen molar-refractivity contribution in [2.24, 2.45) is 10.9 Å². The maximum Gasteiger partial charge on any atom is 0.190 e. The molecule has 0 aliphatic carbocycles. The third kappa shape index (κ3) is 4.97. The molecule has 2 aromatic rings. The van der Waals surface area contributed by atoms with E-state index >= 15 is 0 Å². The van der Waals surface area contributed by atoms with Crippen LogP contribution in [0.1, 0.15) is 12.0 Å². The van der Waals surface area contributed by atoms with Crippen LogP contribution in [0.15, 0.2) is 59.6 Å². The SMILES string of the molecule is CN=C(NCCc1ccccc1F)NCC1CCN(c2ccccc2)C1. The fourth-order valence-electron chi connectivity index (χ4n) is 3.35. The van der Waals surface area contributed by atoms with E-state index in [4.69, 9.17) is 0 Å². The maximum atomic E-state index is 13.6. The Kier molecular flexibility index (Phi) is 6.47. The largest absolute Gasteiger partial charge is 0.371 e. The minimum Gasteiger partial charge on any atom is -0.371 e. The molecule has 4 nitrogen and oxygen atoms in total. The van der Waals surface area contributed by atoms with Gasteiger partial charge in [0.2, 0.25) is 0 Å². The summed E-state index contributed by atoms with van der Waals surface area (Å²) in [5.41, 5.74) is 2.02. The second kappa shape index (κ2) is 9.22. The van der Waals surface area contributed by atoms with Gasteiger partial charge in [0, 0.05) is 38.9 Å². The second-order valence-electron chi connectivity index (χ2n) is 6.66. The number of nitrogens with zero attached hydrogens (tertiary/aromatic N) is 2. The minimum absolute atomic E-state index is 0.149. The molecule has 1 unspecified atom stereocenters. The molecule has 2 N–H and O–H groups in total. The van der Waals surface area contributed by atoms with Gasteiger partial charge >= 0.3 is 0 Å².